The summed E-state index contributed by atoms with van der Waals surface area (Å²) >= 11 is 5.81. The van der Waals surface area contributed by atoms with Crippen molar-refractivity contribution < 1.29 is 22.7 Å². The molecule has 0 radical (unpaired) electrons. The number of carbonyl (C=O) groups excluding carboxylic acids is 1. The maximum atomic E-state index is 12.4. The molecule has 0 fully saturated rings. The van der Waals surface area contributed by atoms with Gasteiger partial charge in [-0.3, -0.25) is 4.90 Å². The quantitative estimate of drug-likeness (QED) is 0.622. The highest BCUT2D eigenvalue weighted by Crippen LogP contribution is 2.27. The van der Waals surface area contributed by atoms with E-state index in [0.717, 1.165) is 0 Å². The summed E-state index contributed by atoms with van der Waals surface area (Å²) in [4.78, 5) is 17.0. The van der Waals surface area contributed by atoms with Gasteiger partial charge in [0.15, 0.2) is 0 Å². The van der Waals surface area contributed by atoms with Crippen LogP contribution >= 0.6 is 11.6 Å². The van der Waals surface area contributed by atoms with Gasteiger partial charge in [-0.2, -0.15) is 13.2 Å². The molecule has 8 heteroatoms. The van der Waals surface area contributed by atoms with Crippen LogP contribution < -0.4 is 0 Å². The highest BCUT2D eigenvalue weighted by atomic mass is 35.5. The normalized spacial score (nSPS) is 15.8. The highest BCUT2D eigenvalue weighted by Gasteiger charge is 2.33. The van der Waals surface area contributed by atoms with Crippen LogP contribution in [0.5, 0.6) is 0 Å². The van der Waals surface area contributed by atoms with Gasteiger partial charge >= 0.3 is 12.1 Å². The molecule has 0 saturated heterocycles. The summed E-state index contributed by atoms with van der Waals surface area (Å²) < 4.78 is 41.9. The van der Waals surface area contributed by atoms with Gasteiger partial charge < -0.3 is 4.74 Å². The molecular formula is C12H12ClF3N2O2. The molecule has 0 saturated carbocycles. The van der Waals surface area contributed by atoms with Crippen LogP contribution in [0.15, 0.2) is 6.07 Å². The molecule has 0 aliphatic carbocycles. The van der Waals surface area contributed by atoms with E-state index >= 15 is 0 Å². The first-order chi connectivity index (χ1) is 9.30. The molecular weight excluding hydrogens is 297 g/mol. The standard InChI is InChI=1S/C12H12ClF3N2O2/c1-20-11(19)7-4-10(13)17-9-2-3-18(5-8(7)9)6-12(14,15)16/h4H,2-3,5-6H2,1H3. The van der Waals surface area contributed by atoms with E-state index in [0.29, 0.717) is 17.7 Å². The summed E-state index contributed by atoms with van der Waals surface area (Å²) in [5, 5.41) is 0.133. The molecule has 4 nitrogen and oxygen atoms in total. The van der Waals surface area contributed by atoms with Crippen molar-refractivity contribution in [2.75, 3.05) is 20.2 Å². The van der Waals surface area contributed by atoms with Crippen molar-refractivity contribution in [2.45, 2.75) is 19.1 Å². The number of alkyl halides is 3. The fourth-order valence-electron chi connectivity index (χ4n) is 2.22. The topological polar surface area (TPSA) is 42.4 Å². The second-order valence-electron chi connectivity index (χ2n) is 4.49. The number of hydrogen-bond acceptors (Lipinski definition) is 4. The van der Waals surface area contributed by atoms with Gasteiger partial charge in [-0.1, -0.05) is 11.6 Å². The van der Waals surface area contributed by atoms with Crippen LogP contribution in [0.4, 0.5) is 13.2 Å². The van der Waals surface area contributed by atoms with E-state index in [-0.39, 0.29) is 23.8 Å². The monoisotopic (exact) mass is 308 g/mol. The van der Waals surface area contributed by atoms with Crippen molar-refractivity contribution in [1.82, 2.24) is 9.88 Å². The number of nitrogens with zero attached hydrogens (tertiary/aromatic N) is 2. The fourth-order valence-corrected chi connectivity index (χ4v) is 2.43. The van der Waals surface area contributed by atoms with Gasteiger partial charge in [0.25, 0.3) is 0 Å². The van der Waals surface area contributed by atoms with Gasteiger partial charge in [0.1, 0.15) is 5.15 Å². The number of fused-ring (bicyclic) bond motifs is 1. The third kappa shape index (κ3) is 3.40. The second-order valence-corrected chi connectivity index (χ2v) is 4.87. The van der Waals surface area contributed by atoms with Crippen LogP contribution in [-0.4, -0.2) is 42.2 Å². The van der Waals surface area contributed by atoms with Crippen LogP contribution in [0.25, 0.3) is 0 Å². The van der Waals surface area contributed by atoms with Gasteiger partial charge in [-0.15, -0.1) is 0 Å². The largest absolute Gasteiger partial charge is 0.465 e. The fraction of sp³-hybridized carbons (Fsp3) is 0.500. The number of ether oxygens (including phenoxy) is 1. The zero-order valence-electron chi connectivity index (χ0n) is 10.6. The molecule has 0 atom stereocenters. The lowest BCUT2D eigenvalue weighted by Crippen LogP contribution is -2.39. The number of carbonyl (C=O) groups is 1. The van der Waals surface area contributed by atoms with Gasteiger partial charge in [-0.05, 0) is 6.07 Å². The van der Waals surface area contributed by atoms with E-state index in [2.05, 4.69) is 9.72 Å². The third-order valence-electron chi connectivity index (χ3n) is 3.03. The highest BCUT2D eigenvalue weighted by molar-refractivity contribution is 6.29. The lowest BCUT2D eigenvalue weighted by Gasteiger charge is -2.29. The average Bonchev–Trinajstić information content (AvgIpc) is 2.35. The van der Waals surface area contributed by atoms with Crippen molar-refractivity contribution >= 4 is 17.6 Å². The Morgan fingerprint density at radius 3 is 2.85 bits per heavy atom. The molecule has 0 N–H and O–H groups in total. The molecule has 0 unspecified atom stereocenters. The molecule has 110 valence electrons. The molecule has 0 amide bonds. The molecule has 2 rings (SSSR count). The Bertz CT molecular complexity index is 534. The minimum atomic E-state index is -4.28. The summed E-state index contributed by atoms with van der Waals surface area (Å²) in [6.07, 6.45) is -3.96. The molecule has 1 aliphatic rings. The van der Waals surface area contributed by atoms with Crippen molar-refractivity contribution in [3.8, 4) is 0 Å². The smallest absolute Gasteiger partial charge is 0.401 e. The van der Waals surface area contributed by atoms with Gasteiger partial charge in [0.05, 0.1) is 19.2 Å². The first-order valence-corrected chi connectivity index (χ1v) is 6.23. The molecule has 20 heavy (non-hydrogen) atoms. The van der Waals surface area contributed by atoms with Crippen molar-refractivity contribution in [1.29, 1.82) is 0 Å². The van der Waals surface area contributed by atoms with Crippen LogP contribution in [0.1, 0.15) is 21.6 Å². The third-order valence-corrected chi connectivity index (χ3v) is 3.23. The van der Waals surface area contributed by atoms with Crippen LogP contribution in [0.2, 0.25) is 5.15 Å². The summed E-state index contributed by atoms with van der Waals surface area (Å²) in [5.74, 6) is -0.626. The number of methoxy groups -OCH3 is 1. The van der Waals surface area contributed by atoms with E-state index in [9.17, 15) is 18.0 Å². The van der Waals surface area contributed by atoms with E-state index < -0.39 is 18.7 Å². The second kappa shape index (κ2) is 5.57. The van der Waals surface area contributed by atoms with E-state index in [4.69, 9.17) is 11.6 Å². The summed E-state index contributed by atoms with van der Waals surface area (Å²) in [6.45, 7) is -0.792. The summed E-state index contributed by atoms with van der Waals surface area (Å²) in [6, 6.07) is 1.32. The summed E-state index contributed by atoms with van der Waals surface area (Å²) in [7, 11) is 1.21. The number of aromatic nitrogens is 1. The predicted octanol–water partition coefficient (Wildman–Crippen LogP) is 2.44. The Morgan fingerprint density at radius 1 is 1.55 bits per heavy atom. The van der Waals surface area contributed by atoms with Crippen LogP contribution in [0, 0.1) is 0 Å². The zero-order chi connectivity index (χ0) is 14.9. The van der Waals surface area contributed by atoms with Gasteiger partial charge in [0, 0.05) is 30.8 Å². The Hall–Kier alpha value is -1.34. The molecule has 1 aliphatic heterocycles. The molecule has 0 aromatic carbocycles. The summed E-state index contributed by atoms with van der Waals surface area (Å²) in [5.41, 5.74) is 1.18. The number of hydrogen-bond donors (Lipinski definition) is 0. The molecule has 2 heterocycles. The molecule has 0 spiro atoms. The Morgan fingerprint density at radius 2 is 2.25 bits per heavy atom. The first kappa shape index (κ1) is 15.1. The predicted molar refractivity (Wildman–Crippen MR) is 65.6 cm³/mol. The maximum absolute atomic E-state index is 12.4. The molecule has 0 bridgehead atoms. The Labute approximate surface area is 118 Å². The minimum absolute atomic E-state index is 0.00342. The SMILES string of the molecule is COC(=O)c1cc(Cl)nc2c1CN(CC(F)(F)F)CC2. The first-order valence-electron chi connectivity index (χ1n) is 5.86. The van der Waals surface area contributed by atoms with E-state index in [1.165, 1.54) is 18.1 Å². The molecule has 1 aromatic rings. The lowest BCUT2D eigenvalue weighted by molar-refractivity contribution is -0.147. The maximum Gasteiger partial charge on any atom is 0.401 e. The van der Waals surface area contributed by atoms with Gasteiger partial charge in [-0.25, -0.2) is 9.78 Å². The van der Waals surface area contributed by atoms with Crippen molar-refractivity contribution in [3.05, 3.63) is 28.0 Å². The Kier molecular flexibility index (Phi) is 4.19. The van der Waals surface area contributed by atoms with Crippen LogP contribution in [-0.2, 0) is 17.7 Å². The number of halogens is 4. The van der Waals surface area contributed by atoms with Crippen LogP contribution in [0.3, 0.4) is 0 Å². The zero-order valence-corrected chi connectivity index (χ0v) is 11.4. The Balaban J connectivity index is 2.32. The number of esters is 1. The minimum Gasteiger partial charge on any atom is -0.465 e. The van der Waals surface area contributed by atoms with Crippen molar-refractivity contribution in [3.63, 3.8) is 0 Å². The number of rotatable bonds is 2. The average molecular weight is 309 g/mol. The van der Waals surface area contributed by atoms with Crippen molar-refractivity contribution in [2.24, 2.45) is 0 Å². The van der Waals surface area contributed by atoms with E-state index in [1.54, 1.807) is 0 Å². The number of pyridine rings is 1. The molecule has 1 aromatic heterocycles. The van der Waals surface area contributed by atoms with E-state index in [1.807, 2.05) is 0 Å². The van der Waals surface area contributed by atoms with Gasteiger partial charge in [0.2, 0.25) is 0 Å². The lowest BCUT2D eigenvalue weighted by atomic mass is 10.00.